The summed E-state index contributed by atoms with van der Waals surface area (Å²) in [7, 11) is 4.21. The number of fused-ring (bicyclic) bond motifs is 2. The molecule has 0 aromatic carbocycles. The van der Waals surface area contributed by atoms with Gasteiger partial charge < -0.3 is 10.6 Å². The van der Waals surface area contributed by atoms with Crippen molar-refractivity contribution < 1.29 is 0 Å². The van der Waals surface area contributed by atoms with Crippen LogP contribution in [0.4, 0.5) is 0 Å². The largest absolute Gasteiger partial charge is 0.316 e. The van der Waals surface area contributed by atoms with Gasteiger partial charge in [0.25, 0.3) is 0 Å². The molecular formula is C10H20N2S. The van der Waals surface area contributed by atoms with Crippen molar-refractivity contribution in [3.8, 4) is 0 Å². The van der Waals surface area contributed by atoms with Crippen molar-refractivity contribution in [2.24, 2.45) is 0 Å². The number of thioether (sulfide) groups is 1. The zero-order chi connectivity index (χ0) is 9.26. The van der Waals surface area contributed by atoms with Gasteiger partial charge in [-0.2, -0.15) is 11.8 Å². The SMILES string of the molecule is CNC1CCC2SC1CCC2NC. The van der Waals surface area contributed by atoms with Crippen molar-refractivity contribution in [1.29, 1.82) is 0 Å². The first-order valence-electron chi connectivity index (χ1n) is 5.35. The Morgan fingerprint density at radius 1 is 0.846 bits per heavy atom. The van der Waals surface area contributed by atoms with Gasteiger partial charge in [-0.05, 0) is 39.8 Å². The van der Waals surface area contributed by atoms with Crippen LogP contribution >= 0.6 is 11.8 Å². The lowest BCUT2D eigenvalue weighted by molar-refractivity contribution is 0.352. The topological polar surface area (TPSA) is 24.1 Å². The second kappa shape index (κ2) is 4.20. The van der Waals surface area contributed by atoms with Crippen LogP contribution in [0.15, 0.2) is 0 Å². The summed E-state index contributed by atoms with van der Waals surface area (Å²) in [5, 5.41) is 8.67. The Morgan fingerprint density at radius 3 is 1.69 bits per heavy atom. The fourth-order valence-electron chi connectivity index (χ4n) is 2.67. The van der Waals surface area contributed by atoms with Crippen LogP contribution in [0, 0.1) is 0 Å². The summed E-state index contributed by atoms with van der Waals surface area (Å²) < 4.78 is 0. The van der Waals surface area contributed by atoms with Crippen LogP contribution in [-0.2, 0) is 0 Å². The fraction of sp³-hybridized carbons (Fsp3) is 1.00. The van der Waals surface area contributed by atoms with Crippen LogP contribution in [0.2, 0.25) is 0 Å². The molecule has 2 N–H and O–H groups in total. The van der Waals surface area contributed by atoms with E-state index in [4.69, 9.17) is 0 Å². The molecule has 0 radical (unpaired) electrons. The molecule has 0 amide bonds. The highest BCUT2D eigenvalue weighted by atomic mass is 32.2. The number of nitrogens with one attached hydrogen (secondary N) is 2. The molecule has 2 saturated heterocycles. The van der Waals surface area contributed by atoms with E-state index in [1.165, 1.54) is 25.7 Å². The van der Waals surface area contributed by atoms with Crippen molar-refractivity contribution in [2.45, 2.75) is 48.3 Å². The van der Waals surface area contributed by atoms with Gasteiger partial charge >= 0.3 is 0 Å². The minimum absolute atomic E-state index is 0.777. The minimum Gasteiger partial charge on any atom is -0.316 e. The predicted molar refractivity (Wildman–Crippen MR) is 59.3 cm³/mol. The van der Waals surface area contributed by atoms with Crippen molar-refractivity contribution in [1.82, 2.24) is 10.6 Å². The maximum atomic E-state index is 3.45. The maximum Gasteiger partial charge on any atom is 0.0205 e. The molecule has 2 fully saturated rings. The summed E-state index contributed by atoms with van der Waals surface area (Å²) in [4.78, 5) is 0. The van der Waals surface area contributed by atoms with Crippen molar-refractivity contribution in [3.63, 3.8) is 0 Å². The van der Waals surface area contributed by atoms with Gasteiger partial charge in [-0.3, -0.25) is 0 Å². The molecule has 2 aliphatic rings. The summed E-state index contributed by atoms with van der Waals surface area (Å²) in [5.74, 6) is 0. The number of hydrogen-bond donors (Lipinski definition) is 2. The fourth-order valence-corrected chi connectivity index (χ4v) is 4.59. The van der Waals surface area contributed by atoms with E-state index < -0.39 is 0 Å². The lowest BCUT2D eigenvalue weighted by Crippen LogP contribution is -2.50. The standard InChI is InChI=1S/C10H20N2S/c1-11-7-3-5-10-8(12-2)4-6-9(7)13-10/h7-12H,3-6H2,1-2H3. The number of rotatable bonds is 2. The van der Waals surface area contributed by atoms with E-state index in [1.54, 1.807) is 0 Å². The van der Waals surface area contributed by atoms with Gasteiger partial charge in [0.2, 0.25) is 0 Å². The summed E-state index contributed by atoms with van der Waals surface area (Å²) in [6, 6.07) is 1.55. The molecule has 2 heterocycles. The number of hydrogen-bond acceptors (Lipinski definition) is 3. The Kier molecular flexibility index (Phi) is 3.17. The maximum absolute atomic E-state index is 3.45. The Bertz CT molecular complexity index is 156. The van der Waals surface area contributed by atoms with Gasteiger partial charge in [-0.1, -0.05) is 0 Å². The van der Waals surface area contributed by atoms with Gasteiger partial charge in [0.05, 0.1) is 0 Å². The Hall–Kier alpha value is 0.270. The van der Waals surface area contributed by atoms with Gasteiger partial charge in [0.1, 0.15) is 0 Å². The third-order valence-corrected chi connectivity index (χ3v) is 5.34. The third-order valence-electron chi connectivity index (χ3n) is 3.51. The Balaban J connectivity index is 1.96. The molecule has 0 saturated carbocycles. The second-order valence-corrected chi connectivity index (χ2v) is 5.64. The first-order valence-corrected chi connectivity index (χ1v) is 6.29. The molecule has 3 heteroatoms. The Morgan fingerprint density at radius 2 is 1.31 bits per heavy atom. The average Bonchev–Trinajstić information content (AvgIpc) is 2.19. The Labute approximate surface area is 85.2 Å². The van der Waals surface area contributed by atoms with Gasteiger partial charge in [0.15, 0.2) is 0 Å². The summed E-state index contributed by atoms with van der Waals surface area (Å²) >= 11 is 2.21. The van der Waals surface area contributed by atoms with E-state index in [2.05, 4.69) is 36.5 Å². The highest BCUT2D eigenvalue weighted by molar-refractivity contribution is 8.00. The summed E-state index contributed by atoms with van der Waals surface area (Å²) in [5.41, 5.74) is 0. The summed E-state index contributed by atoms with van der Waals surface area (Å²) in [6.45, 7) is 0. The molecular weight excluding hydrogens is 180 g/mol. The van der Waals surface area contributed by atoms with Crippen molar-refractivity contribution in [3.05, 3.63) is 0 Å². The molecule has 4 atom stereocenters. The van der Waals surface area contributed by atoms with Crippen molar-refractivity contribution >= 4 is 11.8 Å². The quantitative estimate of drug-likeness (QED) is 0.701. The van der Waals surface area contributed by atoms with Gasteiger partial charge in [0, 0.05) is 22.6 Å². The smallest absolute Gasteiger partial charge is 0.0205 e. The molecule has 0 aliphatic carbocycles. The van der Waals surface area contributed by atoms with Crippen LogP contribution in [0.5, 0.6) is 0 Å². The minimum atomic E-state index is 0.777. The molecule has 2 rings (SSSR count). The normalized spacial score (nSPS) is 44.8. The van der Waals surface area contributed by atoms with Gasteiger partial charge in [-0.15, -0.1) is 0 Å². The monoisotopic (exact) mass is 200 g/mol. The second-order valence-electron chi connectivity index (χ2n) is 4.16. The van der Waals surface area contributed by atoms with E-state index in [9.17, 15) is 0 Å². The highest BCUT2D eigenvalue weighted by Gasteiger charge is 2.37. The molecule has 2 bridgehead atoms. The van der Waals surface area contributed by atoms with Crippen LogP contribution in [0.1, 0.15) is 25.7 Å². The van der Waals surface area contributed by atoms with E-state index in [0.717, 1.165) is 22.6 Å². The first-order chi connectivity index (χ1) is 6.35. The van der Waals surface area contributed by atoms with Crippen LogP contribution in [0.25, 0.3) is 0 Å². The average molecular weight is 200 g/mol. The van der Waals surface area contributed by atoms with E-state index in [0.29, 0.717) is 0 Å². The molecule has 0 aromatic rings. The molecule has 2 aliphatic heterocycles. The molecule has 0 spiro atoms. The predicted octanol–water partition coefficient (Wildman–Crippen LogP) is 1.22. The first kappa shape index (κ1) is 9.81. The molecule has 4 unspecified atom stereocenters. The third kappa shape index (κ3) is 1.88. The van der Waals surface area contributed by atoms with E-state index >= 15 is 0 Å². The lowest BCUT2D eigenvalue weighted by Gasteiger charge is -2.43. The lowest BCUT2D eigenvalue weighted by atomic mass is 9.91. The highest BCUT2D eigenvalue weighted by Crippen LogP contribution is 2.41. The van der Waals surface area contributed by atoms with Gasteiger partial charge in [-0.25, -0.2) is 0 Å². The van der Waals surface area contributed by atoms with E-state index in [-0.39, 0.29) is 0 Å². The summed E-state index contributed by atoms with van der Waals surface area (Å²) in [6.07, 6.45) is 5.52. The van der Waals surface area contributed by atoms with Crippen LogP contribution in [0.3, 0.4) is 0 Å². The van der Waals surface area contributed by atoms with Crippen LogP contribution in [-0.4, -0.2) is 36.7 Å². The van der Waals surface area contributed by atoms with E-state index in [1.807, 2.05) is 0 Å². The zero-order valence-electron chi connectivity index (χ0n) is 8.55. The molecule has 0 aromatic heterocycles. The molecule has 13 heavy (non-hydrogen) atoms. The van der Waals surface area contributed by atoms with Crippen molar-refractivity contribution in [2.75, 3.05) is 14.1 Å². The molecule has 76 valence electrons. The molecule has 2 nitrogen and oxygen atoms in total. The van der Waals surface area contributed by atoms with Crippen LogP contribution < -0.4 is 10.6 Å². The zero-order valence-corrected chi connectivity index (χ0v) is 9.36.